The van der Waals surface area contributed by atoms with Gasteiger partial charge in [0.05, 0.1) is 0 Å². The first kappa shape index (κ1) is 25.2. The summed E-state index contributed by atoms with van der Waals surface area (Å²) < 4.78 is 72.6. The van der Waals surface area contributed by atoms with Crippen molar-refractivity contribution in [3.05, 3.63) is 94.6 Å². The fourth-order valence-electron chi connectivity index (χ4n) is 4.59. The van der Waals surface area contributed by atoms with Gasteiger partial charge in [-0.1, -0.05) is 55.5 Å². The van der Waals surface area contributed by atoms with Gasteiger partial charge in [0.1, 0.15) is 23.8 Å². The van der Waals surface area contributed by atoms with Gasteiger partial charge in [-0.2, -0.15) is 13.2 Å². The fraction of sp³-hybridized carbons (Fsp3) is 0.231. The van der Waals surface area contributed by atoms with Crippen molar-refractivity contribution < 1.29 is 41.4 Å². The van der Waals surface area contributed by atoms with Crippen LogP contribution in [-0.4, -0.2) is 23.8 Å². The van der Waals surface area contributed by atoms with E-state index in [-0.39, 0.29) is 24.7 Å². The first-order chi connectivity index (χ1) is 17.0. The molecule has 3 aromatic carbocycles. The van der Waals surface area contributed by atoms with Crippen LogP contribution in [0.25, 0.3) is 11.1 Å². The van der Waals surface area contributed by atoms with Gasteiger partial charge < -0.3 is 15.2 Å². The molecule has 0 aliphatic heterocycles. The molecule has 1 aliphatic rings. The molecule has 1 unspecified atom stereocenters. The van der Waals surface area contributed by atoms with Crippen LogP contribution in [0, 0.1) is 11.6 Å². The summed E-state index contributed by atoms with van der Waals surface area (Å²) in [5, 5.41) is 11.9. The Labute approximate surface area is 202 Å². The maximum atomic E-state index is 14.2. The van der Waals surface area contributed by atoms with Crippen molar-refractivity contribution in [2.75, 3.05) is 6.61 Å². The number of benzene rings is 3. The topological polar surface area (TPSA) is 75.6 Å². The average Bonchev–Trinajstić information content (AvgIpc) is 3.13. The first-order valence-electron chi connectivity index (χ1n) is 10.9. The maximum absolute atomic E-state index is 14.2. The summed E-state index contributed by atoms with van der Waals surface area (Å²) in [5.74, 6) is -6.06. The largest absolute Gasteiger partial charge is 0.479 e. The first-order valence-corrected chi connectivity index (χ1v) is 10.9. The van der Waals surface area contributed by atoms with Crippen LogP contribution < -0.4 is 5.32 Å². The lowest BCUT2D eigenvalue weighted by Gasteiger charge is -2.30. The highest BCUT2D eigenvalue weighted by molar-refractivity contribution is 5.86. The number of carbonyl (C=O) groups excluding carboxylic acids is 1. The molecular weight excluding hydrogens is 485 g/mol. The van der Waals surface area contributed by atoms with Crippen molar-refractivity contribution in [3.63, 3.8) is 0 Å². The number of rotatable bonds is 6. The number of carbonyl (C=O) groups is 2. The normalized spacial score (nSPS) is 14.5. The van der Waals surface area contributed by atoms with Gasteiger partial charge >= 0.3 is 18.2 Å². The van der Waals surface area contributed by atoms with E-state index in [1.807, 2.05) is 48.5 Å². The van der Waals surface area contributed by atoms with Crippen LogP contribution in [0.4, 0.5) is 26.7 Å². The number of hydrogen-bond acceptors (Lipinski definition) is 3. The maximum Gasteiger partial charge on any atom is 0.422 e. The second kappa shape index (κ2) is 9.25. The quantitative estimate of drug-likeness (QED) is 0.391. The molecular formula is C26H20F5NO4. The molecule has 0 radical (unpaired) electrons. The Morgan fingerprint density at radius 1 is 0.944 bits per heavy atom. The highest BCUT2D eigenvalue weighted by Crippen LogP contribution is 2.44. The molecule has 36 heavy (non-hydrogen) atoms. The molecule has 1 aliphatic carbocycles. The number of hydrogen-bond donors (Lipinski definition) is 2. The number of ether oxygens (including phenoxy) is 1. The molecule has 10 heteroatoms. The Bertz CT molecular complexity index is 1270. The molecule has 2 N–H and O–H groups in total. The standard InChI is InChI=1S/C26H20F5NO4/c1-2-25(23(33)34,14-11-20(27)22(21(28)12-14)26(29,30)31)32-24(35)36-13-19-17-9-5-3-7-15(17)16-8-4-6-10-18(16)19/h3-12,19H,2,13H2,1H3,(H,32,35)(H,33,34). The SMILES string of the molecule is CCC(NC(=O)OCC1c2ccccc2-c2ccccc21)(C(=O)O)c1cc(F)c(C(F)(F)F)c(F)c1. The van der Waals surface area contributed by atoms with E-state index in [2.05, 4.69) is 5.32 Å². The molecule has 0 aromatic heterocycles. The lowest BCUT2D eigenvalue weighted by atomic mass is 9.86. The zero-order chi connectivity index (χ0) is 26.3. The van der Waals surface area contributed by atoms with Crippen molar-refractivity contribution in [2.45, 2.75) is 31.0 Å². The molecule has 4 rings (SSSR count). The summed E-state index contributed by atoms with van der Waals surface area (Å²) in [6, 6.07) is 15.5. The second-order valence-corrected chi connectivity index (χ2v) is 8.33. The van der Waals surface area contributed by atoms with Crippen LogP contribution in [0.5, 0.6) is 0 Å². The Morgan fingerprint density at radius 2 is 1.44 bits per heavy atom. The number of carboxylic acids is 1. The molecule has 0 bridgehead atoms. The molecule has 188 valence electrons. The lowest BCUT2D eigenvalue weighted by molar-refractivity contribution is -0.145. The number of aliphatic carboxylic acids is 1. The zero-order valence-corrected chi connectivity index (χ0v) is 18.8. The van der Waals surface area contributed by atoms with E-state index in [0.717, 1.165) is 22.3 Å². The monoisotopic (exact) mass is 505 g/mol. The predicted octanol–water partition coefficient (Wildman–Crippen LogP) is 6.21. The van der Waals surface area contributed by atoms with Crippen LogP contribution in [0.15, 0.2) is 60.7 Å². The van der Waals surface area contributed by atoms with Crippen molar-refractivity contribution in [1.29, 1.82) is 0 Å². The molecule has 0 heterocycles. The summed E-state index contributed by atoms with van der Waals surface area (Å²) in [7, 11) is 0. The number of alkyl carbamates (subject to hydrolysis) is 1. The van der Waals surface area contributed by atoms with Crippen molar-refractivity contribution >= 4 is 12.1 Å². The molecule has 5 nitrogen and oxygen atoms in total. The Balaban J connectivity index is 1.60. The van der Waals surface area contributed by atoms with Gasteiger partial charge in [0.15, 0.2) is 5.54 Å². The lowest BCUT2D eigenvalue weighted by Crippen LogP contribution is -2.52. The van der Waals surface area contributed by atoms with E-state index >= 15 is 0 Å². The van der Waals surface area contributed by atoms with Crippen molar-refractivity contribution in [3.8, 4) is 11.1 Å². The number of amides is 1. The third-order valence-corrected chi connectivity index (χ3v) is 6.37. The van der Waals surface area contributed by atoms with E-state index in [1.54, 1.807) is 0 Å². The number of halogens is 5. The summed E-state index contributed by atoms with van der Waals surface area (Å²) >= 11 is 0. The third-order valence-electron chi connectivity index (χ3n) is 6.37. The summed E-state index contributed by atoms with van der Waals surface area (Å²) in [6.45, 7) is 1.13. The average molecular weight is 505 g/mol. The Morgan fingerprint density at radius 3 is 1.89 bits per heavy atom. The molecule has 0 spiro atoms. The highest BCUT2D eigenvalue weighted by Gasteiger charge is 2.45. The highest BCUT2D eigenvalue weighted by atomic mass is 19.4. The van der Waals surface area contributed by atoms with Crippen LogP contribution in [-0.2, 0) is 21.2 Å². The van der Waals surface area contributed by atoms with Gasteiger partial charge in [0.2, 0.25) is 0 Å². The van der Waals surface area contributed by atoms with E-state index in [9.17, 15) is 36.6 Å². The fourth-order valence-corrected chi connectivity index (χ4v) is 4.59. The van der Waals surface area contributed by atoms with Gasteiger partial charge in [0.25, 0.3) is 0 Å². The number of fused-ring (bicyclic) bond motifs is 3. The molecule has 0 fully saturated rings. The summed E-state index contributed by atoms with van der Waals surface area (Å²) in [6.07, 6.45) is -6.97. The molecule has 1 amide bonds. The van der Waals surface area contributed by atoms with Gasteiger partial charge in [-0.3, -0.25) is 0 Å². The number of alkyl halides is 3. The van der Waals surface area contributed by atoms with E-state index < -0.39 is 53.0 Å². The molecule has 0 saturated carbocycles. The minimum atomic E-state index is -5.33. The molecule has 3 aromatic rings. The van der Waals surface area contributed by atoms with Crippen LogP contribution in [0.2, 0.25) is 0 Å². The Hall–Kier alpha value is -3.95. The van der Waals surface area contributed by atoms with Crippen LogP contribution >= 0.6 is 0 Å². The zero-order valence-electron chi connectivity index (χ0n) is 18.8. The van der Waals surface area contributed by atoms with Gasteiger partial charge in [-0.25, -0.2) is 18.4 Å². The van der Waals surface area contributed by atoms with Gasteiger partial charge in [-0.15, -0.1) is 0 Å². The number of carboxylic acid groups (broad SMARTS) is 1. The van der Waals surface area contributed by atoms with Crippen molar-refractivity contribution in [2.24, 2.45) is 0 Å². The minimum Gasteiger partial charge on any atom is -0.479 e. The predicted molar refractivity (Wildman–Crippen MR) is 119 cm³/mol. The minimum absolute atomic E-state index is 0.172. The summed E-state index contributed by atoms with van der Waals surface area (Å²) in [4.78, 5) is 24.9. The molecule has 0 saturated heterocycles. The van der Waals surface area contributed by atoms with Gasteiger partial charge in [0, 0.05) is 5.92 Å². The van der Waals surface area contributed by atoms with Gasteiger partial charge in [-0.05, 0) is 46.4 Å². The van der Waals surface area contributed by atoms with Crippen molar-refractivity contribution in [1.82, 2.24) is 5.32 Å². The van der Waals surface area contributed by atoms with E-state index in [0.29, 0.717) is 0 Å². The van der Waals surface area contributed by atoms with Crippen LogP contribution in [0.1, 0.15) is 41.5 Å². The third kappa shape index (κ3) is 4.27. The smallest absolute Gasteiger partial charge is 0.422 e. The molecule has 1 atom stereocenters. The van der Waals surface area contributed by atoms with E-state index in [4.69, 9.17) is 4.74 Å². The number of nitrogens with one attached hydrogen (secondary N) is 1. The van der Waals surface area contributed by atoms with E-state index in [1.165, 1.54) is 6.92 Å². The van der Waals surface area contributed by atoms with Crippen LogP contribution in [0.3, 0.4) is 0 Å². The second-order valence-electron chi connectivity index (χ2n) is 8.33. The summed E-state index contributed by atoms with van der Waals surface area (Å²) in [5.41, 5.74) is -1.56. The Kier molecular flexibility index (Phi) is 6.46.